The number of aromatic nitrogens is 2. The molecule has 2 aromatic carbocycles. The van der Waals surface area contributed by atoms with Crippen molar-refractivity contribution >= 4 is 23.8 Å². The van der Waals surface area contributed by atoms with Gasteiger partial charge < -0.3 is 9.84 Å². The van der Waals surface area contributed by atoms with E-state index in [1.807, 2.05) is 24.3 Å². The first-order valence-electron chi connectivity index (χ1n) is 10.9. The van der Waals surface area contributed by atoms with Gasteiger partial charge in [0.25, 0.3) is 0 Å². The first-order chi connectivity index (χ1) is 16.3. The van der Waals surface area contributed by atoms with Crippen molar-refractivity contribution < 1.29 is 27.8 Å². The smallest absolute Gasteiger partial charge is 0.182 e. The lowest BCUT2D eigenvalue weighted by Gasteiger charge is -2.15. The highest BCUT2D eigenvalue weighted by molar-refractivity contribution is 5.97. The number of aliphatic hydroxyl groups excluding tert-OH is 1. The van der Waals surface area contributed by atoms with Crippen LogP contribution in [-0.4, -0.2) is 26.4 Å². The van der Waals surface area contributed by atoms with E-state index in [9.17, 15) is 23.1 Å². The molecular weight excluding hydrogens is 481 g/mol. The highest BCUT2D eigenvalue weighted by Crippen LogP contribution is 2.37. The van der Waals surface area contributed by atoms with Gasteiger partial charge in [-0.25, -0.2) is 18.2 Å². The number of ketones is 1. The molecule has 2 heterocycles. The average molecular weight is 503 g/mol. The highest BCUT2D eigenvalue weighted by Gasteiger charge is 2.33. The SMILES string of the molecule is Cc1nc2c(OCc3c(F)ccc(F)c3F)cccn2c1C(=O)C[C@@H]1c2ccccc2C[C@@H]1O.Cl. The monoisotopic (exact) mass is 502 g/mol. The third kappa shape index (κ3) is 4.39. The number of pyridine rings is 1. The molecule has 5 nitrogen and oxygen atoms in total. The predicted molar refractivity (Wildman–Crippen MR) is 126 cm³/mol. The molecule has 182 valence electrons. The molecule has 2 atom stereocenters. The number of rotatable bonds is 6. The quantitative estimate of drug-likeness (QED) is 0.286. The number of nitrogens with zero attached hydrogens (tertiary/aromatic N) is 2. The zero-order chi connectivity index (χ0) is 24.0. The first-order valence-corrected chi connectivity index (χ1v) is 10.9. The van der Waals surface area contributed by atoms with Gasteiger partial charge in [-0.15, -0.1) is 12.4 Å². The van der Waals surface area contributed by atoms with Gasteiger partial charge in [0.05, 0.1) is 17.4 Å². The number of hydrogen-bond acceptors (Lipinski definition) is 4. The average Bonchev–Trinajstić information content (AvgIpc) is 3.32. The number of aliphatic hydroxyl groups is 1. The van der Waals surface area contributed by atoms with Gasteiger partial charge in [-0.1, -0.05) is 24.3 Å². The van der Waals surface area contributed by atoms with Gasteiger partial charge in [0, 0.05) is 18.5 Å². The number of carbonyl (C=O) groups excluding carboxylic acids is 1. The van der Waals surface area contributed by atoms with E-state index in [2.05, 4.69) is 4.98 Å². The third-order valence-corrected chi connectivity index (χ3v) is 6.32. The second-order valence-electron chi connectivity index (χ2n) is 8.43. The largest absolute Gasteiger partial charge is 0.485 e. The molecule has 4 aromatic rings. The van der Waals surface area contributed by atoms with Crippen LogP contribution >= 0.6 is 12.4 Å². The van der Waals surface area contributed by atoms with Crippen molar-refractivity contribution in [1.82, 2.24) is 9.38 Å². The molecule has 0 aliphatic heterocycles. The number of benzene rings is 2. The minimum atomic E-state index is -1.31. The topological polar surface area (TPSA) is 63.8 Å². The van der Waals surface area contributed by atoms with E-state index >= 15 is 0 Å². The Hall–Kier alpha value is -3.36. The standard InChI is InChI=1S/C26H21F3N2O3.ClH/c1-14-25(22(33)12-17-16-6-3-2-5-15(16)11-21(17)32)31-10-4-7-23(26(31)30-14)34-13-18-19(27)8-9-20(28)24(18)29;/h2-10,17,21,32H,11-13H2,1H3;1H/t17-,21+;/m1./s1. The molecule has 0 spiro atoms. The minimum absolute atomic E-state index is 0. The van der Waals surface area contributed by atoms with Crippen molar-refractivity contribution in [1.29, 1.82) is 0 Å². The minimum Gasteiger partial charge on any atom is -0.485 e. The van der Waals surface area contributed by atoms with Crippen LogP contribution in [0.1, 0.15) is 45.2 Å². The molecule has 1 N–H and O–H groups in total. The van der Waals surface area contributed by atoms with Crippen molar-refractivity contribution in [3.8, 4) is 5.75 Å². The summed E-state index contributed by atoms with van der Waals surface area (Å²) in [5, 5.41) is 10.5. The molecule has 0 saturated heterocycles. The van der Waals surface area contributed by atoms with Crippen LogP contribution in [-0.2, 0) is 13.0 Å². The van der Waals surface area contributed by atoms with Crippen LogP contribution in [0.25, 0.3) is 5.65 Å². The molecule has 1 aliphatic carbocycles. The molecule has 0 fully saturated rings. The number of fused-ring (bicyclic) bond motifs is 2. The van der Waals surface area contributed by atoms with Crippen LogP contribution in [0.4, 0.5) is 13.2 Å². The molecule has 2 aromatic heterocycles. The Labute approximate surface area is 205 Å². The summed E-state index contributed by atoms with van der Waals surface area (Å²) in [5.74, 6) is -3.70. The van der Waals surface area contributed by atoms with Crippen LogP contribution in [0.2, 0.25) is 0 Å². The van der Waals surface area contributed by atoms with Crippen molar-refractivity contribution in [3.63, 3.8) is 0 Å². The predicted octanol–water partition coefficient (Wildman–Crippen LogP) is 5.33. The van der Waals surface area contributed by atoms with E-state index < -0.39 is 35.7 Å². The number of halogens is 4. The number of aryl methyl sites for hydroxylation is 1. The molecule has 0 amide bonds. The van der Waals surface area contributed by atoms with Crippen molar-refractivity contribution in [2.75, 3.05) is 0 Å². The number of hydrogen-bond donors (Lipinski definition) is 1. The number of carbonyl (C=O) groups is 1. The van der Waals surface area contributed by atoms with Gasteiger partial charge >= 0.3 is 0 Å². The summed E-state index contributed by atoms with van der Waals surface area (Å²) in [7, 11) is 0. The zero-order valence-electron chi connectivity index (χ0n) is 18.7. The van der Waals surface area contributed by atoms with Gasteiger partial charge in [0.1, 0.15) is 18.1 Å². The lowest BCUT2D eigenvalue weighted by molar-refractivity contribution is 0.0915. The van der Waals surface area contributed by atoms with Crippen LogP contribution in [0.5, 0.6) is 5.75 Å². The Morgan fingerprint density at radius 1 is 1.11 bits per heavy atom. The molecule has 0 saturated carbocycles. The van der Waals surface area contributed by atoms with E-state index in [0.29, 0.717) is 29.5 Å². The summed E-state index contributed by atoms with van der Waals surface area (Å²) in [6.45, 7) is 1.14. The van der Waals surface area contributed by atoms with Crippen LogP contribution < -0.4 is 4.74 Å². The van der Waals surface area contributed by atoms with E-state index in [0.717, 1.165) is 17.2 Å². The second kappa shape index (κ2) is 9.71. The zero-order valence-corrected chi connectivity index (χ0v) is 19.5. The Bertz CT molecular complexity index is 1420. The molecule has 1 aliphatic rings. The fourth-order valence-corrected chi connectivity index (χ4v) is 4.66. The molecule has 9 heteroatoms. The summed E-state index contributed by atoms with van der Waals surface area (Å²) in [6, 6.07) is 12.4. The van der Waals surface area contributed by atoms with Gasteiger partial charge in [-0.05, 0) is 48.7 Å². The number of imidazole rings is 1. The fraction of sp³-hybridized carbons (Fsp3) is 0.231. The summed E-state index contributed by atoms with van der Waals surface area (Å²) in [5.41, 5.74) is 2.58. The third-order valence-electron chi connectivity index (χ3n) is 6.32. The Kier molecular flexibility index (Phi) is 6.87. The number of ether oxygens (including phenoxy) is 1. The second-order valence-corrected chi connectivity index (χ2v) is 8.43. The molecule has 0 bridgehead atoms. The Morgan fingerprint density at radius 2 is 1.86 bits per heavy atom. The van der Waals surface area contributed by atoms with Crippen molar-refractivity contribution in [2.24, 2.45) is 0 Å². The molecule has 0 unspecified atom stereocenters. The summed E-state index contributed by atoms with van der Waals surface area (Å²) >= 11 is 0. The van der Waals surface area contributed by atoms with Gasteiger partial charge in [0.2, 0.25) is 0 Å². The van der Waals surface area contributed by atoms with Gasteiger partial charge in [0.15, 0.2) is 28.8 Å². The van der Waals surface area contributed by atoms with E-state index in [-0.39, 0.29) is 36.3 Å². The highest BCUT2D eigenvalue weighted by atomic mass is 35.5. The summed E-state index contributed by atoms with van der Waals surface area (Å²) < 4.78 is 48.6. The van der Waals surface area contributed by atoms with Crippen LogP contribution in [0.15, 0.2) is 54.7 Å². The Balaban J connectivity index is 0.00000289. The maximum atomic E-state index is 14.0. The van der Waals surface area contributed by atoms with E-state index in [1.54, 1.807) is 29.7 Å². The summed E-state index contributed by atoms with van der Waals surface area (Å²) in [6.07, 6.45) is 1.62. The fourth-order valence-electron chi connectivity index (χ4n) is 4.66. The maximum absolute atomic E-state index is 14.0. The number of Topliss-reactive ketones (excluding diaryl/α,β-unsaturated/α-hetero) is 1. The van der Waals surface area contributed by atoms with E-state index in [1.165, 1.54) is 0 Å². The lowest BCUT2D eigenvalue weighted by atomic mass is 9.93. The Morgan fingerprint density at radius 3 is 2.66 bits per heavy atom. The molecule has 5 rings (SSSR count). The summed E-state index contributed by atoms with van der Waals surface area (Å²) in [4.78, 5) is 17.8. The van der Waals surface area contributed by atoms with Gasteiger partial charge in [-0.3, -0.25) is 9.20 Å². The molecular formula is C26H22ClF3N2O3. The van der Waals surface area contributed by atoms with Crippen molar-refractivity contribution in [2.45, 2.75) is 38.4 Å². The first kappa shape index (κ1) is 24.8. The van der Waals surface area contributed by atoms with Crippen molar-refractivity contribution in [3.05, 3.63) is 100 Å². The molecule has 0 radical (unpaired) electrons. The molecule has 35 heavy (non-hydrogen) atoms. The van der Waals surface area contributed by atoms with Crippen LogP contribution in [0, 0.1) is 24.4 Å². The van der Waals surface area contributed by atoms with E-state index in [4.69, 9.17) is 4.74 Å². The maximum Gasteiger partial charge on any atom is 0.182 e. The normalized spacial score (nSPS) is 16.7. The van der Waals surface area contributed by atoms with Crippen LogP contribution in [0.3, 0.4) is 0 Å². The lowest BCUT2D eigenvalue weighted by Crippen LogP contribution is -2.18. The van der Waals surface area contributed by atoms with Gasteiger partial charge in [-0.2, -0.15) is 0 Å².